The average Bonchev–Trinajstić information content (AvgIpc) is 2.43. The van der Waals surface area contributed by atoms with Gasteiger partial charge in [0.15, 0.2) is 0 Å². The Morgan fingerprint density at radius 1 is 1.06 bits per heavy atom. The third-order valence-electron chi connectivity index (χ3n) is 3.90. The van der Waals surface area contributed by atoms with E-state index < -0.39 is 0 Å². The normalized spacial score (nSPS) is 23.2. The van der Waals surface area contributed by atoms with Gasteiger partial charge < -0.3 is 9.31 Å². The van der Waals surface area contributed by atoms with E-state index in [9.17, 15) is 0 Å². The highest BCUT2D eigenvalue weighted by Gasteiger charge is 2.51. The summed E-state index contributed by atoms with van der Waals surface area (Å²) in [6.45, 7) is 12.7. The highest BCUT2D eigenvalue weighted by Crippen LogP contribution is 2.38. The second-order valence-corrected chi connectivity index (χ2v) is 6.03. The summed E-state index contributed by atoms with van der Waals surface area (Å²) in [5.74, 6) is 0. The first-order valence-corrected chi connectivity index (χ1v) is 6.82. The quantitative estimate of drug-likeness (QED) is 0.529. The van der Waals surface area contributed by atoms with Gasteiger partial charge in [-0.05, 0) is 52.9 Å². The van der Waals surface area contributed by atoms with Crippen molar-refractivity contribution in [3.63, 3.8) is 0 Å². The molecular formula is C14H27BO2. The lowest BCUT2D eigenvalue weighted by atomic mass is 9.79. The largest absolute Gasteiger partial charge is 0.489 e. The zero-order chi connectivity index (χ0) is 13.1. The zero-order valence-electron chi connectivity index (χ0n) is 12.3. The van der Waals surface area contributed by atoms with Crippen molar-refractivity contribution in [1.29, 1.82) is 0 Å². The van der Waals surface area contributed by atoms with Gasteiger partial charge in [-0.1, -0.05) is 25.8 Å². The second kappa shape index (κ2) is 5.58. The topological polar surface area (TPSA) is 18.5 Å². The van der Waals surface area contributed by atoms with Gasteiger partial charge in [-0.25, -0.2) is 0 Å². The molecule has 1 fully saturated rings. The second-order valence-electron chi connectivity index (χ2n) is 6.03. The van der Waals surface area contributed by atoms with E-state index >= 15 is 0 Å². The van der Waals surface area contributed by atoms with E-state index in [0.29, 0.717) is 0 Å². The van der Waals surface area contributed by atoms with Gasteiger partial charge in [0.1, 0.15) is 0 Å². The van der Waals surface area contributed by atoms with Gasteiger partial charge in [0, 0.05) is 0 Å². The predicted octanol–water partition coefficient (Wildman–Crippen LogP) is 4.14. The Morgan fingerprint density at radius 2 is 1.59 bits per heavy atom. The third-order valence-corrected chi connectivity index (χ3v) is 3.90. The van der Waals surface area contributed by atoms with Gasteiger partial charge in [-0.3, -0.25) is 0 Å². The molecule has 2 nitrogen and oxygen atoms in total. The van der Waals surface area contributed by atoms with E-state index in [4.69, 9.17) is 9.31 Å². The standard InChI is InChI=1S/C14H27BO2/c1-7-8-9-10-11-12(2)15-16-13(3,4)14(5,6)17-15/h11H,7-10H2,1-6H3. The van der Waals surface area contributed by atoms with E-state index in [1.807, 2.05) is 0 Å². The van der Waals surface area contributed by atoms with Crippen molar-refractivity contribution in [2.75, 3.05) is 0 Å². The van der Waals surface area contributed by atoms with Crippen LogP contribution in [0.15, 0.2) is 11.5 Å². The Bertz CT molecular complexity index is 266. The molecule has 0 atom stereocenters. The van der Waals surface area contributed by atoms with Gasteiger partial charge in [0.25, 0.3) is 0 Å². The van der Waals surface area contributed by atoms with E-state index in [0.717, 1.165) is 6.42 Å². The Balaban J connectivity index is 2.53. The maximum Gasteiger partial charge on any atom is 0.489 e. The van der Waals surface area contributed by atoms with Gasteiger partial charge in [0.2, 0.25) is 0 Å². The van der Waals surface area contributed by atoms with Crippen molar-refractivity contribution in [3.8, 4) is 0 Å². The molecule has 0 amide bonds. The summed E-state index contributed by atoms with van der Waals surface area (Å²) in [5.41, 5.74) is 0.756. The molecule has 17 heavy (non-hydrogen) atoms. The van der Waals surface area contributed by atoms with Crippen LogP contribution in [0, 0.1) is 0 Å². The predicted molar refractivity (Wildman–Crippen MR) is 74.0 cm³/mol. The van der Waals surface area contributed by atoms with E-state index in [1.54, 1.807) is 0 Å². The van der Waals surface area contributed by atoms with Crippen molar-refractivity contribution in [1.82, 2.24) is 0 Å². The van der Waals surface area contributed by atoms with Crippen LogP contribution in [0.2, 0.25) is 0 Å². The van der Waals surface area contributed by atoms with Crippen LogP contribution in [-0.4, -0.2) is 18.3 Å². The first-order chi connectivity index (χ1) is 7.80. The summed E-state index contributed by atoms with van der Waals surface area (Å²) in [6, 6.07) is 0. The minimum atomic E-state index is -0.226. The molecule has 1 aliphatic heterocycles. The maximum atomic E-state index is 5.99. The van der Waals surface area contributed by atoms with E-state index in [2.05, 4.69) is 47.6 Å². The maximum absolute atomic E-state index is 5.99. The van der Waals surface area contributed by atoms with Crippen LogP contribution in [0.3, 0.4) is 0 Å². The monoisotopic (exact) mass is 238 g/mol. The van der Waals surface area contributed by atoms with Crippen LogP contribution in [0.4, 0.5) is 0 Å². The van der Waals surface area contributed by atoms with Crippen molar-refractivity contribution < 1.29 is 9.31 Å². The summed E-state index contributed by atoms with van der Waals surface area (Å²) in [5, 5.41) is 0. The molecule has 0 bridgehead atoms. The zero-order valence-corrected chi connectivity index (χ0v) is 12.3. The molecule has 1 aliphatic rings. The summed E-state index contributed by atoms with van der Waals surface area (Å²) < 4.78 is 12.0. The number of unbranched alkanes of at least 4 members (excludes halogenated alkanes) is 3. The summed E-state index contributed by atoms with van der Waals surface area (Å²) >= 11 is 0. The van der Waals surface area contributed by atoms with Crippen molar-refractivity contribution in [2.45, 2.75) is 78.4 Å². The van der Waals surface area contributed by atoms with E-state index in [-0.39, 0.29) is 18.3 Å². The van der Waals surface area contributed by atoms with Crippen molar-refractivity contribution in [2.24, 2.45) is 0 Å². The van der Waals surface area contributed by atoms with Gasteiger partial charge in [-0.15, -0.1) is 0 Å². The molecule has 0 radical (unpaired) electrons. The molecule has 1 rings (SSSR count). The molecule has 98 valence electrons. The first-order valence-electron chi connectivity index (χ1n) is 6.82. The fourth-order valence-electron chi connectivity index (χ4n) is 1.85. The summed E-state index contributed by atoms with van der Waals surface area (Å²) in [4.78, 5) is 0. The number of allylic oxidation sites excluding steroid dienone is 2. The van der Waals surface area contributed by atoms with Crippen LogP contribution in [0.1, 0.15) is 67.2 Å². The van der Waals surface area contributed by atoms with Crippen molar-refractivity contribution in [3.05, 3.63) is 11.5 Å². The highest BCUT2D eigenvalue weighted by atomic mass is 16.7. The Kier molecular flexibility index (Phi) is 4.85. The summed E-state index contributed by atoms with van der Waals surface area (Å²) in [7, 11) is -0.165. The molecule has 0 aromatic rings. The third kappa shape index (κ3) is 3.59. The molecule has 0 aromatic carbocycles. The smallest absolute Gasteiger partial charge is 0.400 e. The Morgan fingerprint density at radius 3 is 2.06 bits per heavy atom. The van der Waals surface area contributed by atoms with Gasteiger partial charge in [0.05, 0.1) is 11.2 Å². The lowest BCUT2D eigenvalue weighted by Gasteiger charge is -2.32. The Hall–Kier alpha value is -0.275. The minimum absolute atomic E-state index is 0.165. The summed E-state index contributed by atoms with van der Waals surface area (Å²) in [6.07, 6.45) is 7.21. The molecule has 0 saturated carbocycles. The SMILES string of the molecule is CCCCCC=C(C)B1OC(C)(C)C(C)(C)O1. The Labute approximate surface area is 107 Å². The fraction of sp³-hybridized carbons (Fsp3) is 0.857. The minimum Gasteiger partial charge on any atom is -0.400 e. The number of rotatable bonds is 5. The molecule has 3 heteroatoms. The molecule has 0 aromatic heterocycles. The van der Waals surface area contributed by atoms with Crippen molar-refractivity contribution >= 4 is 7.12 Å². The molecule has 1 saturated heterocycles. The van der Waals surface area contributed by atoms with Crippen LogP contribution >= 0.6 is 0 Å². The molecule has 0 spiro atoms. The van der Waals surface area contributed by atoms with Gasteiger partial charge in [-0.2, -0.15) is 0 Å². The van der Waals surface area contributed by atoms with Crippen LogP contribution in [0.25, 0.3) is 0 Å². The average molecular weight is 238 g/mol. The van der Waals surface area contributed by atoms with Crippen LogP contribution < -0.4 is 0 Å². The molecule has 0 unspecified atom stereocenters. The first kappa shape index (κ1) is 14.8. The lowest BCUT2D eigenvalue weighted by molar-refractivity contribution is 0.00578. The molecular weight excluding hydrogens is 211 g/mol. The van der Waals surface area contributed by atoms with Crippen LogP contribution in [-0.2, 0) is 9.31 Å². The fourth-order valence-corrected chi connectivity index (χ4v) is 1.85. The van der Waals surface area contributed by atoms with Gasteiger partial charge >= 0.3 is 7.12 Å². The highest BCUT2D eigenvalue weighted by molar-refractivity contribution is 6.54. The molecule has 1 heterocycles. The van der Waals surface area contributed by atoms with Crippen LogP contribution in [0.5, 0.6) is 0 Å². The molecule has 0 aliphatic carbocycles. The number of hydrogen-bond acceptors (Lipinski definition) is 2. The lowest BCUT2D eigenvalue weighted by Crippen LogP contribution is -2.41. The van der Waals surface area contributed by atoms with E-state index in [1.165, 1.54) is 24.7 Å². The number of hydrogen-bond donors (Lipinski definition) is 0. The molecule has 0 N–H and O–H groups in total.